The summed E-state index contributed by atoms with van der Waals surface area (Å²) in [4.78, 5) is 4.86. The molecule has 53 heavy (non-hydrogen) atoms. The maximum atomic E-state index is 2.54. The van der Waals surface area contributed by atoms with Gasteiger partial charge < -0.3 is 9.80 Å². The van der Waals surface area contributed by atoms with E-state index in [4.69, 9.17) is 0 Å². The van der Waals surface area contributed by atoms with Crippen molar-refractivity contribution in [1.82, 2.24) is 0 Å². The minimum atomic E-state index is -0.438. The van der Waals surface area contributed by atoms with Crippen LogP contribution >= 0.6 is 0 Å². The molecule has 2 nitrogen and oxygen atoms in total. The Morgan fingerprint density at radius 1 is 0.453 bits per heavy atom. The Hall–Kier alpha value is -6.38. The number of aryl methyl sites for hydroxylation is 2. The molecule has 254 valence electrons. The first-order chi connectivity index (χ1) is 26.1. The van der Waals surface area contributed by atoms with Crippen LogP contribution < -0.4 is 9.80 Å². The summed E-state index contributed by atoms with van der Waals surface area (Å²) in [5.41, 5.74) is 18.7. The maximum absolute atomic E-state index is 2.54. The third kappa shape index (κ3) is 4.86. The molecule has 3 aliphatic carbocycles. The van der Waals surface area contributed by atoms with Gasteiger partial charge in [0.1, 0.15) is 0 Å². The first-order valence-electron chi connectivity index (χ1n) is 18.7. The monoisotopic (exact) mass is 680 g/mol. The van der Waals surface area contributed by atoms with Crippen molar-refractivity contribution in [2.75, 3.05) is 9.80 Å². The summed E-state index contributed by atoms with van der Waals surface area (Å²) in [5, 5.41) is 0. The van der Waals surface area contributed by atoms with Crippen molar-refractivity contribution in [2.45, 2.75) is 31.6 Å². The third-order valence-corrected chi connectivity index (χ3v) is 11.5. The lowest BCUT2D eigenvalue weighted by Crippen LogP contribution is -2.29. The van der Waals surface area contributed by atoms with Crippen LogP contribution in [0.1, 0.15) is 45.7 Å². The normalized spacial score (nSPS) is 15.8. The second-order valence-corrected chi connectivity index (χ2v) is 14.6. The molecule has 0 aliphatic heterocycles. The van der Waals surface area contributed by atoms with Crippen molar-refractivity contribution < 1.29 is 0 Å². The van der Waals surface area contributed by atoms with E-state index in [1.54, 1.807) is 0 Å². The van der Waals surface area contributed by atoms with Crippen molar-refractivity contribution in [1.29, 1.82) is 0 Å². The highest BCUT2D eigenvalue weighted by Crippen LogP contribution is 2.66. The summed E-state index contributed by atoms with van der Waals surface area (Å²) in [6, 6.07) is 64.9. The number of allylic oxidation sites excluding steroid dienone is 3. The zero-order valence-corrected chi connectivity index (χ0v) is 30.1. The quantitative estimate of drug-likeness (QED) is 0.172. The van der Waals surface area contributed by atoms with Crippen molar-refractivity contribution >= 4 is 28.4 Å². The first kappa shape index (κ1) is 31.4. The summed E-state index contributed by atoms with van der Waals surface area (Å²) in [6.07, 6.45) is 5.93. The molecule has 1 unspecified atom stereocenters. The molecule has 0 aromatic heterocycles. The number of hydrogen-bond donors (Lipinski definition) is 0. The fourth-order valence-electron chi connectivity index (χ4n) is 9.39. The Morgan fingerprint density at radius 3 is 1.57 bits per heavy atom. The molecule has 0 amide bonds. The summed E-state index contributed by atoms with van der Waals surface area (Å²) in [6.45, 7) is 4.35. The summed E-state index contributed by atoms with van der Waals surface area (Å²) < 4.78 is 0. The lowest BCUT2D eigenvalue weighted by atomic mass is 9.68. The molecular weight excluding hydrogens is 641 g/mol. The van der Waals surface area contributed by atoms with Gasteiger partial charge in [0.15, 0.2) is 0 Å². The van der Waals surface area contributed by atoms with Gasteiger partial charge in [-0.3, -0.25) is 0 Å². The fourth-order valence-corrected chi connectivity index (χ4v) is 9.39. The highest BCUT2D eigenvalue weighted by molar-refractivity contribution is 5.90. The molecule has 1 spiro atoms. The van der Waals surface area contributed by atoms with Gasteiger partial charge in [0.05, 0.1) is 5.41 Å². The number of rotatable bonds is 6. The highest BCUT2D eigenvalue weighted by Gasteiger charge is 2.55. The average molecular weight is 681 g/mol. The van der Waals surface area contributed by atoms with E-state index in [2.05, 4.69) is 212 Å². The number of hydrogen-bond acceptors (Lipinski definition) is 2. The van der Waals surface area contributed by atoms with E-state index in [1.165, 1.54) is 67.2 Å². The Bertz CT molecular complexity index is 2530. The van der Waals surface area contributed by atoms with Crippen molar-refractivity contribution in [3.63, 3.8) is 0 Å². The second-order valence-electron chi connectivity index (χ2n) is 14.6. The van der Waals surface area contributed by atoms with E-state index >= 15 is 0 Å². The molecule has 0 bridgehead atoms. The van der Waals surface area contributed by atoms with Crippen molar-refractivity contribution in [2.24, 2.45) is 0 Å². The topological polar surface area (TPSA) is 6.48 Å². The van der Waals surface area contributed by atoms with Gasteiger partial charge in [0.25, 0.3) is 0 Å². The number of benzene rings is 7. The van der Waals surface area contributed by atoms with E-state index in [-0.39, 0.29) is 5.92 Å². The lowest BCUT2D eigenvalue weighted by molar-refractivity contribution is 0.701. The van der Waals surface area contributed by atoms with Gasteiger partial charge in [-0.1, -0.05) is 121 Å². The Balaban J connectivity index is 1.23. The van der Waals surface area contributed by atoms with Gasteiger partial charge in [0.2, 0.25) is 0 Å². The predicted molar refractivity (Wildman–Crippen MR) is 221 cm³/mol. The maximum Gasteiger partial charge on any atom is 0.0686 e. The van der Waals surface area contributed by atoms with Gasteiger partial charge in [-0.15, -0.1) is 0 Å². The number of anilines is 5. The number of nitrogens with zero attached hydrogens (tertiary/aromatic N) is 2. The molecule has 0 radical (unpaired) electrons. The van der Waals surface area contributed by atoms with Crippen LogP contribution in [-0.2, 0) is 5.41 Å². The van der Waals surface area contributed by atoms with Crippen LogP contribution in [0.5, 0.6) is 0 Å². The van der Waals surface area contributed by atoms with E-state index in [1.807, 2.05) is 0 Å². The van der Waals surface area contributed by atoms with E-state index in [0.29, 0.717) is 0 Å². The van der Waals surface area contributed by atoms with Crippen molar-refractivity contribution in [3.05, 3.63) is 233 Å². The fraction of sp³-hybridized carbons (Fsp3) is 0.0980. The molecule has 0 saturated carbocycles. The SMILES string of the molecule is Cc1cccc(N(C2=CCC3C(=C2)C2(c4ccccc4-c4ccccc42)c2cc(N(c4ccccc4)c4cccc(C)c4)ccc23)c2ccccc2)c1. The molecule has 0 saturated heterocycles. The molecular formula is C51H40N2. The molecule has 0 N–H and O–H groups in total. The minimum Gasteiger partial charge on any atom is -0.311 e. The first-order valence-corrected chi connectivity index (χ1v) is 18.7. The van der Waals surface area contributed by atoms with Gasteiger partial charge >= 0.3 is 0 Å². The molecule has 2 heteroatoms. The number of fused-ring (bicyclic) bond motifs is 10. The molecule has 3 aliphatic rings. The second kappa shape index (κ2) is 12.4. The minimum absolute atomic E-state index is 0.251. The van der Waals surface area contributed by atoms with Crippen LogP contribution in [0.15, 0.2) is 199 Å². The molecule has 1 atom stereocenters. The van der Waals surface area contributed by atoms with Gasteiger partial charge in [-0.2, -0.15) is 0 Å². The Morgan fingerprint density at radius 2 is 0.962 bits per heavy atom. The summed E-state index contributed by atoms with van der Waals surface area (Å²) in [7, 11) is 0. The third-order valence-electron chi connectivity index (χ3n) is 11.5. The van der Waals surface area contributed by atoms with Crippen LogP contribution in [0.25, 0.3) is 11.1 Å². The average Bonchev–Trinajstić information content (AvgIpc) is 3.66. The van der Waals surface area contributed by atoms with Crippen LogP contribution in [0.4, 0.5) is 28.4 Å². The molecule has 7 aromatic rings. The lowest BCUT2D eigenvalue weighted by Gasteiger charge is -2.36. The standard InChI is InChI=1S/C51H40N2/c1-35-15-13-21-39(31-35)52(37-17-5-3-6-18-37)41-27-29-45-46-30-28-42(53(38-19-7-4-8-20-38)40-22-14-16-36(2)32-40)34-50(46)51(49(45)33-41)47-25-11-9-23-43(47)44-24-10-12-26-48(44)51/h3-29,31-34,46H,30H2,1-2H3. The van der Waals surface area contributed by atoms with E-state index in [0.717, 1.165) is 23.5 Å². The van der Waals surface area contributed by atoms with Crippen molar-refractivity contribution in [3.8, 4) is 11.1 Å². The van der Waals surface area contributed by atoms with Crippen LogP contribution in [0.2, 0.25) is 0 Å². The predicted octanol–water partition coefficient (Wildman–Crippen LogP) is 13.2. The summed E-state index contributed by atoms with van der Waals surface area (Å²) in [5.74, 6) is 0.251. The smallest absolute Gasteiger partial charge is 0.0686 e. The van der Waals surface area contributed by atoms with E-state index in [9.17, 15) is 0 Å². The van der Waals surface area contributed by atoms with Gasteiger partial charge in [-0.25, -0.2) is 0 Å². The Kier molecular flexibility index (Phi) is 7.33. The van der Waals surface area contributed by atoms with E-state index < -0.39 is 5.41 Å². The Labute approximate surface area is 312 Å². The van der Waals surface area contributed by atoms with Gasteiger partial charge in [-0.05, 0) is 137 Å². The summed E-state index contributed by atoms with van der Waals surface area (Å²) >= 11 is 0. The molecule has 0 fully saturated rings. The van der Waals surface area contributed by atoms with Crippen LogP contribution in [0, 0.1) is 13.8 Å². The highest BCUT2D eigenvalue weighted by atomic mass is 15.2. The van der Waals surface area contributed by atoms with Crippen LogP contribution in [0.3, 0.4) is 0 Å². The number of para-hydroxylation sites is 2. The van der Waals surface area contributed by atoms with Crippen LogP contribution in [-0.4, -0.2) is 0 Å². The molecule has 0 heterocycles. The zero-order chi connectivity index (χ0) is 35.5. The largest absolute Gasteiger partial charge is 0.311 e. The zero-order valence-electron chi connectivity index (χ0n) is 30.1. The molecule has 7 aromatic carbocycles. The van der Waals surface area contributed by atoms with Gasteiger partial charge in [0, 0.05) is 40.1 Å². The molecule has 10 rings (SSSR count).